The summed E-state index contributed by atoms with van der Waals surface area (Å²) in [5.41, 5.74) is 1.99. The molecule has 0 amide bonds. The fraction of sp³-hybridized carbons (Fsp3) is 0.417. The van der Waals surface area contributed by atoms with Crippen molar-refractivity contribution in [1.82, 2.24) is 0 Å². The summed E-state index contributed by atoms with van der Waals surface area (Å²) in [6.45, 7) is 4.14. The molecule has 0 aliphatic rings. The van der Waals surface area contributed by atoms with Crippen molar-refractivity contribution in [2.75, 3.05) is 11.5 Å². The SMILES string of the molecule is CCCSCC(=O)c1cccc(C)c1. The van der Waals surface area contributed by atoms with Crippen LogP contribution in [0.15, 0.2) is 24.3 Å². The van der Waals surface area contributed by atoms with E-state index in [1.54, 1.807) is 11.8 Å². The lowest BCUT2D eigenvalue weighted by atomic mass is 10.1. The lowest BCUT2D eigenvalue weighted by molar-refractivity contribution is 0.102. The Labute approximate surface area is 89.9 Å². The predicted molar refractivity (Wildman–Crippen MR) is 63.1 cm³/mol. The van der Waals surface area contributed by atoms with E-state index in [1.807, 2.05) is 31.2 Å². The van der Waals surface area contributed by atoms with Crippen LogP contribution in [0.2, 0.25) is 0 Å². The number of aryl methyl sites for hydroxylation is 1. The molecule has 1 nitrogen and oxygen atoms in total. The molecule has 2 heteroatoms. The molecule has 1 aromatic rings. The number of hydrogen-bond acceptors (Lipinski definition) is 2. The number of rotatable bonds is 5. The second-order valence-corrected chi connectivity index (χ2v) is 4.45. The Morgan fingerprint density at radius 3 is 2.86 bits per heavy atom. The number of carbonyl (C=O) groups excluding carboxylic acids is 1. The molecule has 1 rings (SSSR count). The van der Waals surface area contributed by atoms with Crippen LogP contribution >= 0.6 is 11.8 Å². The van der Waals surface area contributed by atoms with Gasteiger partial charge in [-0.25, -0.2) is 0 Å². The molecular formula is C12H16OS. The van der Waals surface area contributed by atoms with E-state index in [0.717, 1.165) is 23.3 Å². The smallest absolute Gasteiger partial charge is 0.172 e. The molecule has 0 atom stereocenters. The molecule has 0 N–H and O–H groups in total. The van der Waals surface area contributed by atoms with Gasteiger partial charge in [0.25, 0.3) is 0 Å². The molecule has 0 aliphatic carbocycles. The van der Waals surface area contributed by atoms with E-state index in [9.17, 15) is 4.79 Å². The number of hydrogen-bond donors (Lipinski definition) is 0. The molecule has 0 bridgehead atoms. The van der Waals surface area contributed by atoms with Crippen molar-refractivity contribution in [3.63, 3.8) is 0 Å². The number of carbonyl (C=O) groups is 1. The minimum absolute atomic E-state index is 0.243. The van der Waals surface area contributed by atoms with Crippen molar-refractivity contribution in [2.24, 2.45) is 0 Å². The van der Waals surface area contributed by atoms with Crippen molar-refractivity contribution in [3.8, 4) is 0 Å². The van der Waals surface area contributed by atoms with Crippen LogP contribution in [-0.2, 0) is 0 Å². The third kappa shape index (κ3) is 3.54. The van der Waals surface area contributed by atoms with Gasteiger partial charge in [0.2, 0.25) is 0 Å². The van der Waals surface area contributed by atoms with Crippen LogP contribution in [-0.4, -0.2) is 17.3 Å². The fourth-order valence-electron chi connectivity index (χ4n) is 1.21. The number of thioether (sulfide) groups is 1. The van der Waals surface area contributed by atoms with Gasteiger partial charge in [-0.05, 0) is 25.2 Å². The molecule has 0 unspecified atom stereocenters. The van der Waals surface area contributed by atoms with Crippen LogP contribution in [0.5, 0.6) is 0 Å². The van der Waals surface area contributed by atoms with Crippen molar-refractivity contribution in [3.05, 3.63) is 35.4 Å². The van der Waals surface area contributed by atoms with E-state index < -0.39 is 0 Å². The molecule has 0 saturated heterocycles. The van der Waals surface area contributed by atoms with Gasteiger partial charge in [-0.2, -0.15) is 11.8 Å². The van der Waals surface area contributed by atoms with Crippen molar-refractivity contribution in [2.45, 2.75) is 20.3 Å². The van der Waals surface area contributed by atoms with Crippen molar-refractivity contribution in [1.29, 1.82) is 0 Å². The van der Waals surface area contributed by atoms with Gasteiger partial charge >= 0.3 is 0 Å². The van der Waals surface area contributed by atoms with Gasteiger partial charge in [0.15, 0.2) is 5.78 Å². The maximum Gasteiger partial charge on any atom is 0.172 e. The lowest BCUT2D eigenvalue weighted by Gasteiger charge is -2.01. The van der Waals surface area contributed by atoms with Crippen LogP contribution in [0.3, 0.4) is 0 Å². The molecule has 0 saturated carbocycles. The first-order valence-corrected chi connectivity index (χ1v) is 6.07. The van der Waals surface area contributed by atoms with Crippen LogP contribution in [0.4, 0.5) is 0 Å². The van der Waals surface area contributed by atoms with Gasteiger partial charge in [0.1, 0.15) is 0 Å². The van der Waals surface area contributed by atoms with Crippen LogP contribution in [0, 0.1) is 6.92 Å². The third-order valence-corrected chi connectivity index (χ3v) is 3.08. The first-order chi connectivity index (χ1) is 6.74. The molecule has 0 aliphatic heterocycles. The Balaban J connectivity index is 2.52. The Bertz CT molecular complexity index is 307. The van der Waals surface area contributed by atoms with Gasteiger partial charge in [-0.1, -0.05) is 30.7 Å². The fourth-order valence-corrected chi connectivity index (χ4v) is 2.00. The molecule has 0 heterocycles. The summed E-state index contributed by atoms with van der Waals surface area (Å²) in [5, 5.41) is 0. The monoisotopic (exact) mass is 208 g/mol. The molecule has 1 aromatic carbocycles. The Morgan fingerprint density at radius 2 is 2.21 bits per heavy atom. The zero-order valence-corrected chi connectivity index (χ0v) is 9.56. The van der Waals surface area contributed by atoms with Crippen LogP contribution in [0.1, 0.15) is 29.3 Å². The van der Waals surface area contributed by atoms with E-state index in [1.165, 1.54) is 0 Å². The molecule has 76 valence electrons. The second kappa shape index (κ2) is 5.86. The highest BCUT2D eigenvalue weighted by Gasteiger charge is 2.04. The molecular weight excluding hydrogens is 192 g/mol. The van der Waals surface area contributed by atoms with Gasteiger partial charge in [0, 0.05) is 5.56 Å². The normalized spacial score (nSPS) is 10.1. The predicted octanol–water partition coefficient (Wildman–Crippen LogP) is 3.32. The summed E-state index contributed by atoms with van der Waals surface area (Å²) in [4.78, 5) is 11.7. The Kier molecular flexibility index (Phi) is 4.74. The van der Waals surface area contributed by atoms with E-state index in [0.29, 0.717) is 5.75 Å². The van der Waals surface area contributed by atoms with Gasteiger partial charge in [0.05, 0.1) is 5.75 Å². The average molecular weight is 208 g/mol. The highest BCUT2D eigenvalue weighted by atomic mass is 32.2. The topological polar surface area (TPSA) is 17.1 Å². The van der Waals surface area contributed by atoms with Gasteiger partial charge in [-0.15, -0.1) is 0 Å². The quantitative estimate of drug-likeness (QED) is 0.545. The van der Waals surface area contributed by atoms with Crippen LogP contribution < -0.4 is 0 Å². The maximum atomic E-state index is 11.7. The molecule has 0 radical (unpaired) electrons. The summed E-state index contributed by atoms with van der Waals surface area (Å²) in [7, 11) is 0. The molecule has 0 spiro atoms. The summed E-state index contributed by atoms with van der Waals surface area (Å²) in [6, 6.07) is 7.79. The highest BCUT2D eigenvalue weighted by molar-refractivity contribution is 7.99. The number of Topliss-reactive ketones (excluding diaryl/α,β-unsaturated/α-hetero) is 1. The third-order valence-electron chi connectivity index (χ3n) is 1.92. The first-order valence-electron chi connectivity index (χ1n) is 4.91. The largest absolute Gasteiger partial charge is 0.293 e. The van der Waals surface area contributed by atoms with Gasteiger partial charge < -0.3 is 0 Å². The zero-order valence-electron chi connectivity index (χ0n) is 8.75. The second-order valence-electron chi connectivity index (χ2n) is 3.35. The summed E-state index contributed by atoms with van der Waals surface area (Å²) in [5.74, 6) is 1.92. The number of ketones is 1. The average Bonchev–Trinajstić information content (AvgIpc) is 2.18. The molecule has 14 heavy (non-hydrogen) atoms. The zero-order chi connectivity index (χ0) is 10.4. The van der Waals surface area contributed by atoms with E-state index in [-0.39, 0.29) is 5.78 Å². The van der Waals surface area contributed by atoms with E-state index >= 15 is 0 Å². The minimum atomic E-state index is 0.243. The van der Waals surface area contributed by atoms with Crippen LogP contribution in [0.25, 0.3) is 0 Å². The lowest BCUT2D eigenvalue weighted by Crippen LogP contribution is -2.02. The van der Waals surface area contributed by atoms with Crippen molar-refractivity contribution >= 4 is 17.5 Å². The Morgan fingerprint density at radius 1 is 1.43 bits per heavy atom. The molecule has 0 aromatic heterocycles. The molecule has 0 fully saturated rings. The highest BCUT2D eigenvalue weighted by Crippen LogP contribution is 2.09. The van der Waals surface area contributed by atoms with E-state index in [2.05, 4.69) is 6.92 Å². The summed E-state index contributed by atoms with van der Waals surface area (Å²) in [6.07, 6.45) is 1.13. The summed E-state index contributed by atoms with van der Waals surface area (Å²) < 4.78 is 0. The number of benzene rings is 1. The minimum Gasteiger partial charge on any atom is -0.293 e. The Hall–Kier alpha value is -0.760. The van der Waals surface area contributed by atoms with Crippen molar-refractivity contribution < 1.29 is 4.79 Å². The standard InChI is InChI=1S/C12H16OS/c1-3-7-14-9-12(13)11-6-4-5-10(2)8-11/h4-6,8H,3,7,9H2,1-2H3. The summed E-state index contributed by atoms with van der Waals surface area (Å²) >= 11 is 1.71. The maximum absolute atomic E-state index is 11.7. The van der Waals surface area contributed by atoms with Gasteiger partial charge in [-0.3, -0.25) is 4.79 Å². The van der Waals surface area contributed by atoms with E-state index in [4.69, 9.17) is 0 Å². The first kappa shape index (κ1) is 11.3.